The highest BCUT2D eigenvalue weighted by molar-refractivity contribution is 7.89. The minimum absolute atomic E-state index is 0.0190. The van der Waals surface area contributed by atoms with E-state index in [-0.39, 0.29) is 35.8 Å². The molecular weight excluding hydrogens is 317 g/mol. The van der Waals surface area contributed by atoms with Gasteiger partial charge in [0.2, 0.25) is 10.0 Å². The van der Waals surface area contributed by atoms with Gasteiger partial charge in [0.05, 0.1) is 17.1 Å². The van der Waals surface area contributed by atoms with Crippen LogP contribution in [0.4, 0.5) is 4.39 Å². The van der Waals surface area contributed by atoms with Crippen molar-refractivity contribution in [2.45, 2.75) is 11.3 Å². The third kappa shape index (κ3) is 5.93. The van der Waals surface area contributed by atoms with Crippen LogP contribution in [0.1, 0.15) is 12.0 Å². The second kappa shape index (κ2) is 8.24. The number of hydrogen-bond acceptors (Lipinski definition) is 4. The van der Waals surface area contributed by atoms with Gasteiger partial charge in [-0.2, -0.15) is 0 Å². The molecule has 8 heteroatoms. The topological polar surface area (TPSA) is 83.5 Å². The van der Waals surface area contributed by atoms with Crippen LogP contribution in [0.5, 0.6) is 0 Å². The highest BCUT2D eigenvalue weighted by Crippen LogP contribution is 2.14. The molecule has 21 heavy (non-hydrogen) atoms. The number of benzene rings is 1. The summed E-state index contributed by atoms with van der Waals surface area (Å²) in [6.07, 6.45) is 1.68. The average Bonchev–Trinajstić information content (AvgIpc) is 2.40. The van der Waals surface area contributed by atoms with E-state index in [1.807, 2.05) is 0 Å². The number of halogens is 1. The van der Waals surface area contributed by atoms with Crippen LogP contribution in [0.25, 0.3) is 0 Å². The van der Waals surface area contributed by atoms with E-state index in [1.165, 1.54) is 18.4 Å². The quantitative estimate of drug-likeness (QED) is 0.730. The third-order valence-electron chi connectivity index (χ3n) is 2.39. The van der Waals surface area contributed by atoms with Gasteiger partial charge in [-0.3, -0.25) is 4.21 Å². The molecule has 1 rings (SSSR count). The molecular formula is C13H16FNO4S2. The van der Waals surface area contributed by atoms with Gasteiger partial charge in [0, 0.05) is 35.8 Å². The maximum absolute atomic E-state index is 13.8. The summed E-state index contributed by atoms with van der Waals surface area (Å²) < 4.78 is 50.7. The first-order valence-corrected chi connectivity index (χ1v) is 9.27. The Hall–Kier alpha value is -1.27. The molecule has 0 aromatic heterocycles. The van der Waals surface area contributed by atoms with Crippen molar-refractivity contribution in [3.05, 3.63) is 29.6 Å². The van der Waals surface area contributed by atoms with Crippen molar-refractivity contribution in [3.63, 3.8) is 0 Å². The van der Waals surface area contributed by atoms with E-state index < -0.39 is 26.6 Å². The van der Waals surface area contributed by atoms with Crippen molar-refractivity contribution in [1.29, 1.82) is 0 Å². The molecule has 1 aromatic rings. The minimum Gasteiger partial charge on any atom is -0.395 e. The molecule has 0 saturated carbocycles. The zero-order valence-corrected chi connectivity index (χ0v) is 13.1. The Morgan fingerprint density at radius 3 is 2.71 bits per heavy atom. The smallest absolute Gasteiger partial charge is 0.240 e. The normalized spacial score (nSPS) is 12.5. The first-order valence-electron chi connectivity index (χ1n) is 6.06. The molecule has 0 bridgehead atoms. The van der Waals surface area contributed by atoms with Crippen LogP contribution in [0, 0.1) is 17.7 Å². The van der Waals surface area contributed by atoms with E-state index in [2.05, 4.69) is 16.6 Å². The second-order valence-corrected chi connectivity index (χ2v) is 7.41. The first kappa shape index (κ1) is 17.8. The Morgan fingerprint density at radius 2 is 2.14 bits per heavy atom. The molecule has 0 heterocycles. The van der Waals surface area contributed by atoms with E-state index in [9.17, 15) is 17.0 Å². The summed E-state index contributed by atoms with van der Waals surface area (Å²) in [4.78, 5) is -0.213. The fourth-order valence-corrected chi connectivity index (χ4v) is 2.94. The van der Waals surface area contributed by atoms with Gasteiger partial charge in [-0.25, -0.2) is 17.5 Å². The van der Waals surface area contributed by atoms with Crippen molar-refractivity contribution in [2.75, 3.05) is 25.2 Å². The fraction of sp³-hybridized carbons (Fsp3) is 0.385. The lowest BCUT2D eigenvalue weighted by Crippen LogP contribution is -2.27. The molecule has 0 aliphatic carbocycles. The van der Waals surface area contributed by atoms with Crippen LogP contribution in [0.15, 0.2) is 23.1 Å². The van der Waals surface area contributed by atoms with Crippen LogP contribution in [0.2, 0.25) is 0 Å². The average molecular weight is 333 g/mol. The van der Waals surface area contributed by atoms with Gasteiger partial charge < -0.3 is 5.11 Å². The van der Waals surface area contributed by atoms with Crippen LogP contribution in [-0.4, -0.2) is 42.9 Å². The summed E-state index contributed by atoms with van der Waals surface area (Å²) in [5.74, 6) is 4.51. The summed E-state index contributed by atoms with van der Waals surface area (Å²) in [5.41, 5.74) is 0.0667. The summed E-state index contributed by atoms with van der Waals surface area (Å²) in [6, 6.07) is 3.40. The molecule has 116 valence electrons. The van der Waals surface area contributed by atoms with Crippen molar-refractivity contribution in [3.8, 4) is 11.8 Å². The van der Waals surface area contributed by atoms with E-state index in [4.69, 9.17) is 5.11 Å². The van der Waals surface area contributed by atoms with Gasteiger partial charge in [0.1, 0.15) is 5.82 Å². The van der Waals surface area contributed by atoms with Gasteiger partial charge in [0.25, 0.3) is 0 Å². The molecule has 0 saturated heterocycles. The van der Waals surface area contributed by atoms with Crippen LogP contribution >= 0.6 is 0 Å². The monoisotopic (exact) mass is 333 g/mol. The Balaban J connectivity index is 2.87. The molecule has 0 amide bonds. The molecule has 5 nitrogen and oxygen atoms in total. The number of rotatable bonds is 6. The van der Waals surface area contributed by atoms with Gasteiger partial charge in [-0.1, -0.05) is 11.8 Å². The van der Waals surface area contributed by atoms with Crippen molar-refractivity contribution in [1.82, 2.24) is 4.72 Å². The molecule has 0 aliphatic rings. The molecule has 1 aromatic carbocycles. The van der Waals surface area contributed by atoms with Crippen molar-refractivity contribution in [2.24, 2.45) is 0 Å². The number of hydrogen-bond donors (Lipinski definition) is 2. The number of aliphatic hydroxyl groups excluding tert-OH is 1. The molecule has 0 spiro atoms. The Bertz CT molecular complexity index is 677. The van der Waals surface area contributed by atoms with Crippen molar-refractivity contribution < 1.29 is 22.1 Å². The van der Waals surface area contributed by atoms with Crippen LogP contribution in [-0.2, 0) is 20.8 Å². The highest BCUT2D eigenvalue weighted by atomic mass is 32.2. The van der Waals surface area contributed by atoms with Crippen LogP contribution in [0.3, 0.4) is 0 Å². The zero-order chi connectivity index (χ0) is 15.9. The number of aliphatic hydroxyl groups is 1. The van der Waals surface area contributed by atoms with E-state index in [0.717, 1.165) is 6.07 Å². The van der Waals surface area contributed by atoms with Crippen LogP contribution < -0.4 is 4.72 Å². The molecule has 2 N–H and O–H groups in total. The fourth-order valence-electron chi connectivity index (χ4n) is 1.38. The minimum atomic E-state index is -3.83. The van der Waals surface area contributed by atoms with E-state index in [1.54, 1.807) is 0 Å². The number of nitrogens with one attached hydrogen (secondary N) is 1. The molecule has 0 radical (unpaired) electrons. The lowest BCUT2D eigenvalue weighted by molar-refractivity contribution is 0.305. The summed E-state index contributed by atoms with van der Waals surface area (Å²) >= 11 is 0. The summed E-state index contributed by atoms with van der Waals surface area (Å²) in [6.45, 7) is -0.102. The van der Waals surface area contributed by atoms with E-state index >= 15 is 0 Å². The zero-order valence-electron chi connectivity index (χ0n) is 11.4. The largest absolute Gasteiger partial charge is 0.395 e. The first-order chi connectivity index (χ1) is 9.86. The maximum atomic E-state index is 13.8. The maximum Gasteiger partial charge on any atom is 0.240 e. The Kier molecular flexibility index (Phi) is 6.98. The lowest BCUT2D eigenvalue weighted by Gasteiger charge is -2.06. The highest BCUT2D eigenvalue weighted by Gasteiger charge is 2.15. The predicted molar refractivity (Wildman–Crippen MR) is 79.1 cm³/mol. The standard InChI is InChI=1S/C13H16FNO4S2/c1-20(17)9-7-15-21(18,19)12-6-5-11(13(14)10-12)4-2-3-8-16/h5-6,10,15-16H,3,7-9H2,1H3. The SMILES string of the molecule is CS(=O)CCNS(=O)(=O)c1ccc(C#CCCO)c(F)c1. The predicted octanol–water partition coefficient (Wildman–Crippen LogP) is 0.216. The van der Waals surface area contributed by atoms with Gasteiger partial charge in [-0.15, -0.1) is 0 Å². The van der Waals surface area contributed by atoms with E-state index in [0.29, 0.717) is 0 Å². The Labute approximate surface area is 126 Å². The number of sulfonamides is 1. The molecule has 0 fully saturated rings. The van der Waals surface area contributed by atoms with Gasteiger partial charge >= 0.3 is 0 Å². The lowest BCUT2D eigenvalue weighted by atomic mass is 10.2. The molecule has 0 aliphatic heterocycles. The van der Waals surface area contributed by atoms with Crippen molar-refractivity contribution >= 4 is 20.8 Å². The van der Waals surface area contributed by atoms with Gasteiger partial charge in [-0.05, 0) is 18.2 Å². The second-order valence-electron chi connectivity index (χ2n) is 4.09. The summed E-state index contributed by atoms with van der Waals surface area (Å²) in [5, 5.41) is 8.58. The molecule has 1 unspecified atom stereocenters. The molecule has 1 atom stereocenters. The van der Waals surface area contributed by atoms with Gasteiger partial charge in [0.15, 0.2) is 0 Å². The third-order valence-corrected chi connectivity index (χ3v) is 4.63. The summed E-state index contributed by atoms with van der Waals surface area (Å²) in [7, 11) is -4.94. The Morgan fingerprint density at radius 1 is 1.43 bits per heavy atom.